The van der Waals surface area contributed by atoms with Crippen molar-refractivity contribution in [2.75, 3.05) is 14.1 Å². The molecule has 0 bridgehead atoms. The third kappa shape index (κ3) is 2.51. The summed E-state index contributed by atoms with van der Waals surface area (Å²) in [6.07, 6.45) is 0.744. The van der Waals surface area contributed by atoms with Crippen LogP contribution in [0, 0.1) is 17.2 Å². The quantitative estimate of drug-likeness (QED) is 0.641. The Bertz CT molecular complexity index is 195. The molecule has 2 N–H and O–H groups in total. The lowest BCUT2D eigenvalue weighted by Gasteiger charge is -2.24. The molecule has 4 heteroatoms. The number of amides is 1. The summed E-state index contributed by atoms with van der Waals surface area (Å²) >= 11 is 0. The maximum Gasteiger partial charge on any atom is 0.236 e. The Labute approximate surface area is 72.9 Å². The van der Waals surface area contributed by atoms with E-state index in [1.54, 1.807) is 0 Å². The number of nitrogens with zero attached hydrogens (tertiary/aromatic N) is 2. The van der Waals surface area contributed by atoms with Crippen LogP contribution in [0.2, 0.25) is 0 Å². The smallest absolute Gasteiger partial charge is 0.236 e. The van der Waals surface area contributed by atoms with E-state index in [9.17, 15) is 4.79 Å². The summed E-state index contributed by atoms with van der Waals surface area (Å²) < 4.78 is 0. The van der Waals surface area contributed by atoms with Gasteiger partial charge in [-0.05, 0) is 20.5 Å². The number of nitrogens with two attached hydrogens (primary N) is 1. The maximum atomic E-state index is 10.8. The van der Waals surface area contributed by atoms with Gasteiger partial charge in [0.1, 0.15) is 5.92 Å². The zero-order valence-corrected chi connectivity index (χ0v) is 7.74. The van der Waals surface area contributed by atoms with Crippen molar-refractivity contribution in [3.05, 3.63) is 0 Å². The summed E-state index contributed by atoms with van der Waals surface area (Å²) in [7, 11) is 3.67. The highest BCUT2D eigenvalue weighted by molar-refractivity contribution is 5.80. The molecule has 0 rings (SSSR count). The molecule has 0 heterocycles. The Morgan fingerprint density at radius 2 is 2.17 bits per heavy atom. The van der Waals surface area contributed by atoms with E-state index in [-0.39, 0.29) is 6.04 Å². The average molecular weight is 169 g/mol. The number of primary amides is 1. The highest BCUT2D eigenvalue weighted by Crippen LogP contribution is 2.10. The Morgan fingerprint density at radius 3 is 2.25 bits per heavy atom. The molecule has 0 aliphatic heterocycles. The lowest BCUT2D eigenvalue weighted by molar-refractivity contribution is -0.121. The fourth-order valence-corrected chi connectivity index (χ4v) is 1.24. The number of carbonyl (C=O) groups excluding carboxylic acids is 1. The lowest BCUT2D eigenvalue weighted by atomic mass is 9.97. The van der Waals surface area contributed by atoms with Gasteiger partial charge in [0, 0.05) is 6.04 Å². The van der Waals surface area contributed by atoms with Crippen LogP contribution >= 0.6 is 0 Å². The molecule has 0 saturated carbocycles. The van der Waals surface area contributed by atoms with Crippen molar-refractivity contribution in [1.29, 1.82) is 5.26 Å². The van der Waals surface area contributed by atoms with E-state index in [1.807, 2.05) is 32.0 Å². The molecule has 0 aromatic rings. The molecule has 2 atom stereocenters. The first kappa shape index (κ1) is 10.9. The molecule has 2 unspecified atom stereocenters. The first-order chi connectivity index (χ1) is 5.54. The SMILES string of the molecule is CCC(C(C#N)C(N)=O)N(C)C. The van der Waals surface area contributed by atoms with Gasteiger partial charge in [0.15, 0.2) is 0 Å². The third-order valence-corrected chi connectivity index (χ3v) is 1.91. The molecule has 4 nitrogen and oxygen atoms in total. The van der Waals surface area contributed by atoms with Crippen LogP contribution in [0.15, 0.2) is 0 Å². The monoisotopic (exact) mass is 169 g/mol. The number of rotatable bonds is 4. The standard InChI is InChI=1S/C8H15N3O/c1-4-7(11(2)3)6(5-9)8(10)12/h6-7H,4H2,1-3H3,(H2,10,12). The molecule has 0 spiro atoms. The van der Waals surface area contributed by atoms with Crippen LogP contribution in [0.1, 0.15) is 13.3 Å². The molecule has 0 fully saturated rings. The second-order valence-corrected chi connectivity index (χ2v) is 2.95. The van der Waals surface area contributed by atoms with E-state index >= 15 is 0 Å². The first-order valence-electron chi connectivity index (χ1n) is 3.90. The van der Waals surface area contributed by atoms with Crippen LogP contribution in [-0.4, -0.2) is 30.9 Å². The van der Waals surface area contributed by atoms with Gasteiger partial charge >= 0.3 is 0 Å². The van der Waals surface area contributed by atoms with E-state index < -0.39 is 11.8 Å². The summed E-state index contributed by atoms with van der Waals surface area (Å²) in [6, 6.07) is 1.84. The molecule has 0 aromatic carbocycles. The fraction of sp³-hybridized carbons (Fsp3) is 0.750. The van der Waals surface area contributed by atoms with E-state index in [0.29, 0.717) is 0 Å². The fourth-order valence-electron chi connectivity index (χ4n) is 1.24. The Hall–Kier alpha value is -1.08. The summed E-state index contributed by atoms with van der Waals surface area (Å²) in [5.74, 6) is -1.25. The Balaban J connectivity index is 4.47. The van der Waals surface area contributed by atoms with Crippen LogP contribution in [-0.2, 0) is 4.79 Å². The Morgan fingerprint density at radius 1 is 1.67 bits per heavy atom. The van der Waals surface area contributed by atoms with Gasteiger partial charge < -0.3 is 10.6 Å². The van der Waals surface area contributed by atoms with Gasteiger partial charge in [-0.2, -0.15) is 5.26 Å². The molecule has 0 saturated heterocycles. The molecular weight excluding hydrogens is 154 g/mol. The minimum Gasteiger partial charge on any atom is -0.368 e. The van der Waals surface area contributed by atoms with Crippen molar-refractivity contribution >= 4 is 5.91 Å². The number of hydrogen-bond donors (Lipinski definition) is 1. The normalized spacial score (nSPS) is 15.2. The van der Waals surface area contributed by atoms with Gasteiger partial charge in [-0.3, -0.25) is 4.79 Å². The van der Waals surface area contributed by atoms with Crippen molar-refractivity contribution in [3.8, 4) is 6.07 Å². The largest absolute Gasteiger partial charge is 0.368 e. The van der Waals surface area contributed by atoms with Crippen molar-refractivity contribution < 1.29 is 4.79 Å². The molecule has 0 aromatic heterocycles. The molecular formula is C8H15N3O. The summed E-state index contributed by atoms with van der Waals surface area (Å²) in [5.41, 5.74) is 5.07. The van der Waals surface area contributed by atoms with Crippen LogP contribution in [0.3, 0.4) is 0 Å². The van der Waals surface area contributed by atoms with Gasteiger partial charge in [0.25, 0.3) is 0 Å². The van der Waals surface area contributed by atoms with Crippen LogP contribution in [0.4, 0.5) is 0 Å². The molecule has 1 amide bonds. The molecule has 12 heavy (non-hydrogen) atoms. The maximum absolute atomic E-state index is 10.8. The minimum absolute atomic E-state index is 0.0764. The van der Waals surface area contributed by atoms with Gasteiger partial charge in [0.2, 0.25) is 5.91 Å². The average Bonchev–Trinajstić information content (AvgIpc) is 1.98. The summed E-state index contributed by atoms with van der Waals surface area (Å²) in [6.45, 7) is 1.93. The number of carbonyl (C=O) groups is 1. The predicted octanol–water partition coefficient (Wildman–Crippen LogP) is -0.0483. The van der Waals surface area contributed by atoms with Gasteiger partial charge in [-0.1, -0.05) is 6.92 Å². The summed E-state index contributed by atoms with van der Waals surface area (Å²) in [4.78, 5) is 12.7. The van der Waals surface area contributed by atoms with Crippen molar-refractivity contribution in [3.63, 3.8) is 0 Å². The minimum atomic E-state index is -0.704. The molecule has 0 radical (unpaired) electrons. The van der Waals surface area contributed by atoms with Crippen molar-refractivity contribution in [2.45, 2.75) is 19.4 Å². The number of hydrogen-bond acceptors (Lipinski definition) is 3. The second-order valence-electron chi connectivity index (χ2n) is 2.95. The molecule has 68 valence electrons. The van der Waals surface area contributed by atoms with E-state index in [0.717, 1.165) is 6.42 Å². The van der Waals surface area contributed by atoms with Gasteiger partial charge in [-0.25, -0.2) is 0 Å². The van der Waals surface area contributed by atoms with Crippen LogP contribution < -0.4 is 5.73 Å². The molecule has 0 aliphatic rings. The highest BCUT2D eigenvalue weighted by atomic mass is 16.1. The van der Waals surface area contributed by atoms with Gasteiger partial charge in [0.05, 0.1) is 6.07 Å². The lowest BCUT2D eigenvalue weighted by Crippen LogP contribution is -2.41. The van der Waals surface area contributed by atoms with Crippen molar-refractivity contribution in [1.82, 2.24) is 4.90 Å². The molecule has 0 aliphatic carbocycles. The van der Waals surface area contributed by atoms with E-state index in [2.05, 4.69) is 0 Å². The predicted molar refractivity (Wildman–Crippen MR) is 46.1 cm³/mol. The third-order valence-electron chi connectivity index (χ3n) is 1.91. The second kappa shape index (κ2) is 4.73. The van der Waals surface area contributed by atoms with Gasteiger partial charge in [-0.15, -0.1) is 0 Å². The zero-order chi connectivity index (χ0) is 9.72. The topological polar surface area (TPSA) is 70.1 Å². The number of nitriles is 1. The van der Waals surface area contributed by atoms with Crippen LogP contribution in [0.5, 0.6) is 0 Å². The van der Waals surface area contributed by atoms with E-state index in [1.165, 1.54) is 0 Å². The summed E-state index contributed by atoms with van der Waals surface area (Å²) in [5, 5.41) is 8.67. The Kier molecular flexibility index (Phi) is 4.30. The van der Waals surface area contributed by atoms with Crippen LogP contribution in [0.25, 0.3) is 0 Å². The van der Waals surface area contributed by atoms with E-state index in [4.69, 9.17) is 11.0 Å². The zero-order valence-electron chi connectivity index (χ0n) is 7.74. The highest BCUT2D eigenvalue weighted by Gasteiger charge is 2.26. The first-order valence-corrected chi connectivity index (χ1v) is 3.90. The van der Waals surface area contributed by atoms with Crippen molar-refractivity contribution in [2.24, 2.45) is 11.7 Å².